The van der Waals surface area contributed by atoms with E-state index in [1.54, 1.807) is 36.9 Å². The van der Waals surface area contributed by atoms with Crippen molar-refractivity contribution in [3.63, 3.8) is 0 Å². The van der Waals surface area contributed by atoms with E-state index in [1.165, 1.54) is 0 Å². The number of hydrogen-bond donors (Lipinski definition) is 2. The van der Waals surface area contributed by atoms with Gasteiger partial charge in [0, 0.05) is 12.1 Å². The first-order valence-corrected chi connectivity index (χ1v) is 9.47. The monoisotopic (exact) mass is 327 g/mol. The van der Waals surface area contributed by atoms with Crippen molar-refractivity contribution in [2.45, 2.75) is 18.7 Å². The topological polar surface area (TPSA) is 66.4 Å². The molecule has 1 rings (SSSR count). The second kappa shape index (κ2) is 8.44. The van der Waals surface area contributed by atoms with Gasteiger partial charge in [0.1, 0.15) is 6.61 Å². The Morgan fingerprint density at radius 1 is 1.43 bits per heavy atom. The van der Waals surface area contributed by atoms with Crippen molar-refractivity contribution in [3.05, 3.63) is 29.3 Å². The third kappa shape index (κ3) is 5.71. The lowest BCUT2D eigenvalue weighted by Gasteiger charge is -2.13. The van der Waals surface area contributed by atoms with Crippen molar-refractivity contribution < 1.29 is 13.5 Å². The first-order chi connectivity index (χ1) is 9.90. The first-order valence-electron chi connectivity index (χ1n) is 6.59. The minimum Gasteiger partial charge on any atom is -0.384 e. The van der Waals surface area contributed by atoms with Crippen LogP contribution in [0.25, 0.3) is 0 Å². The standard InChI is InChI=1S/C15H21NO3S2/c1-12(11-20-3)10-16-21(18,19)15-9-14(5-4-8-17)7-6-13(15)2/h6-7,9,12,16-17H,8,10-11H2,1-3H3. The second-order valence-corrected chi connectivity index (χ2v) is 7.50. The third-order valence-electron chi connectivity index (χ3n) is 2.86. The summed E-state index contributed by atoms with van der Waals surface area (Å²) in [5, 5.41) is 8.70. The zero-order chi connectivity index (χ0) is 15.9. The Hall–Kier alpha value is -1.00. The number of nitrogens with one attached hydrogen (secondary N) is 1. The molecule has 0 fully saturated rings. The Morgan fingerprint density at radius 2 is 2.14 bits per heavy atom. The van der Waals surface area contributed by atoms with E-state index in [0.29, 0.717) is 17.7 Å². The number of sulfonamides is 1. The third-order valence-corrected chi connectivity index (χ3v) is 5.33. The average Bonchev–Trinajstić information content (AvgIpc) is 2.44. The zero-order valence-electron chi connectivity index (χ0n) is 12.5. The minimum absolute atomic E-state index is 0.239. The second-order valence-electron chi connectivity index (χ2n) is 4.85. The molecule has 0 bridgehead atoms. The van der Waals surface area contributed by atoms with E-state index >= 15 is 0 Å². The van der Waals surface area contributed by atoms with Gasteiger partial charge in [0.05, 0.1) is 4.90 Å². The molecule has 0 saturated heterocycles. The normalized spacial score (nSPS) is 12.6. The van der Waals surface area contributed by atoms with Crippen LogP contribution in [-0.4, -0.2) is 38.7 Å². The molecular weight excluding hydrogens is 306 g/mol. The molecule has 0 aliphatic rings. The molecule has 2 N–H and O–H groups in total. The van der Waals surface area contributed by atoms with Gasteiger partial charge >= 0.3 is 0 Å². The molecule has 4 nitrogen and oxygen atoms in total. The van der Waals surface area contributed by atoms with E-state index in [0.717, 1.165) is 5.75 Å². The molecule has 21 heavy (non-hydrogen) atoms. The summed E-state index contributed by atoms with van der Waals surface area (Å²) in [6, 6.07) is 5.01. The molecule has 0 aliphatic carbocycles. The zero-order valence-corrected chi connectivity index (χ0v) is 14.1. The Bertz CT molecular complexity index is 630. The maximum atomic E-state index is 12.4. The van der Waals surface area contributed by atoms with Crippen LogP contribution in [0.5, 0.6) is 0 Å². The maximum Gasteiger partial charge on any atom is 0.240 e. The molecule has 6 heteroatoms. The molecule has 0 saturated carbocycles. The van der Waals surface area contributed by atoms with Crippen LogP contribution in [0.3, 0.4) is 0 Å². The molecule has 116 valence electrons. The highest BCUT2D eigenvalue weighted by Gasteiger charge is 2.17. The van der Waals surface area contributed by atoms with Gasteiger partial charge in [0.15, 0.2) is 0 Å². The molecule has 1 atom stereocenters. The van der Waals surface area contributed by atoms with Crippen LogP contribution in [0.1, 0.15) is 18.1 Å². The summed E-state index contributed by atoms with van der Waals surface area (Å²) in [7, 11) is -3.54. The van der Waals surface area contributed by atoms with Crippen molar-refractivity contribution in [2.75, 3.05) is 25.2 Å². The average molecular weight is 327 g/mol. The van der Waals surface area contributed by atoms with Crippen LogP contribution in [0.15, 0.2) is 23.1 Å². The lowest BCUT2D eigenvalue weighted by Crippen LogP contribution is -2.29. The number of aryl methyl sites for hydroxylation is 1. The van der Waals surface area contributed by atoms with Gasteiger partial charge in [-0.25, -0.2) is 13.1 Å². The number of hydrogen-bond acceptors (Lipinski definition) is 4. The lowest BCUT2D eigenvalue weighted by atomic mass is 10.1. The Morgan fingerprint density at radius 3 is 2.76 bits per heavy atom. The first kappa shape index (κ1) is 18.1. The van der Waals surface area contributed by atoms with E-state index in [2.05, 4.69) is 16.6 Å². The fraction of sp³-hybridized carbons (Fsp3) is 0.467. The number of rotatable bonds is 6. The SMILES string of the molecule is CSCC(C)CNS(=O)(=O)c1cc(C#CCO)ccc1C. The van der Waals surface area contributed by atoms with Crippen molar-refractivity contribution in [1.29, 1.82) is 0 Å². The van der Waals surface area contributed by atoms with Crippen LogP contribution < -0.4 is 4.72 Å². The van der Waals surface area contributed by atoms with Gasteiger partial charge in [-0.1, -0.05) is 24.8 Å². The molecular formula is C15H21NO3S2. The van der Waals surface area contributed by atoms with Gasteiger partial charge in [0.25, 0.3) is 0 Å². The van der Waals surface area contributed by atoms with Crippen LogP contribution in [0.2, 0.25) is 0 Å². The molecule has 0 aromatic heterocycles. The molecule has 1 unspecified atom stereocenters. The van der Waals surface area contributed by atoms with Gasteiger partial charge < -0.3 is 5.11 Å². The number of benzene rings is 1. The molecule has 1 aromatic carbocycles. The molecule has 0 heterocycles. The molecule has 0 spiro atoms. The highest BCUT2D eigenvalue weighted by molar-refractivity contribution is 7.98. The van der Waals surface area contributed by atoms with Crippen molar-refractivity contribution in [2.24, 2.45) is 5.92 Å². The predicted molar refractivity (Wildman–Crippen MR) is 87.9 cm³/mol. The van der Waals surface area contributed by atoms with E-state index in [1.807, 2.05) is 13.2 Å². The van der Waals surface area contributed by atoms with Gasteiger partial charge in [0.2, 0.25) is 10.0 Å². The maximum absolute atomic E-state index is 12.4. The molecule has 0 radical (unpaired) electrons. The quantitative estimate of drug-likeness (QED) is 0.779. The number of thioether (sulfide) groups is 1. The highest BCUT2D eigenvalue weighted by Crippen LogP contribution is 2.17. The summed E-state index contributed by atoms with van der Waals surface area (Å²) in [4.78, 5) is 0.239. The smallest absolute Gasteiger partial charge is 0.240 e. The Kier molecular flexibility index (Phi) is 7.26. The molecule has 0 aliphatic heterocycles. The largest absolute Gasteiger partial charge is 0.384 e. The van der Waals surface area contributed by atoms with Crippen LogP contribution >= 0.6 is 11.8 Å². The van der Waals surface area contributed by atoms with E-state index in [9.17, 15) is 8.42 Å². The van der Waals surface area contributed by atoms with Gasteiger partial charge in [-0.2, -0.15) is 11.8 Å². The van der Waals surface area contributed by atoms with Gasteiger partial charge in [-0.3, -0.25) is 0 Å². The Labute approximate surface area is 131 Å². The molecule has 0 amide bonds. The summed E-state index contributed by atoms with van der Waals surface area (Å²) in [6.07, 6.45) is 2.00. The van der Waals surface area contributed by atoms with E-state index in [4.69, 9.17) is 5.11 Å². The predicted octanol–water partition coefficient (Wildman–Crippen LogP) is 1.62. The fourth-order valence-corrected chi connectivity index (χ4v) is 3.90. The number of aliphatic hydroxyl groups excluding tert-OH is 1. The Balaban J connectivity index is 2.96. The summed E-state index contributed by atoms with van der Waals surface area (Å²) in [5.74, 6) is 6.42. The van der Waals surface area contributed by atoms with E-state index < -0.39 is 10.0 Å². The lowest BCUT2D eigenvalue weighted by molar-refractivity contribution is 0.350. The van der Waals surface area contributed by atoms with Gasteiger partial charge in [-0.15, -0.1) is 0 Å². The van der Waals surface area contributed by atoms with Crippen molar-refractivity contribution >= 4 is 21.8 Å². The van der Waals surface area contributed by atoms with Gasteiger partial charge in [-0.05, 0) is 42.5 Å². The fourth-order valence-electron chi connectivity index (χ4n) is 1.78. The van der Waals surface area contributed by atoms with Crippen LogP contribution in [0, 0.1) is 24.7 Å². The molecule has 1 aromatic rings. The summed E-state index contributed by atoms with van der Waals surface area (Å²) in [6.45, 7) is 3.92. The number of aliphatic hydroxyl groups is 1. The van der Waals surface area contributed by atoms with Crippen LogP contribution in [-0.2, 0) is 10.0 Å². The van der Waals surface area contributed by atoms with E-state index in [-0.39, 0.29) is 17.4 Å². The van der Waals surface area contributed by atoms with Crippen LogP contribution in [0.4, 0.5) is 0 Å². The summed E-state index contributed by atoms with van der Waals surface area (Å²) >= 11 is 1.69. The van der Waals surface area contributed by atoms with Crippen molar-refractivity contribution in [1.82, 2.24) is 4.72 Å². The summed E-state index contributed by atoms with van der Waals surface area (Å²) in [5.41, 5.74) is 1.25. The minimum atomic E-state index is -3.54. The van der Waals surface area contributed by atoms with Crippen molar-refractivity contribution in [3.8, 4) is 11.8 Å². The summed E-state index contributed by atoms with van der Waals surface area (Å²) < 4.78 is 27.4. The highest BCUT2D eigenvalue weighted by atomic mass is 32.2.